The number of carbonyl (C=O) groups is 1. The fourth-order valence-corrected chi connectivity index (χ4v) is 5.00. The molecule has 1 aromatic heterocycles. The molecule has 1 saturated heterocycles. The Kier molecular flexibility index (Phi) is 4.38. The molecule has 0 amide bonds. The molecule has 3 heterocycles. The Morgan fingerprint density at radius 2 is 1.71 bits per heavy atom. The smallest absolute Gasteiger partial charge is 0.185 e. The van der Waals surface area contributed by atoms with Crippen molar-refractivity contribution in [3.63, 3.8) is 0 Å². The van der Waals surface area contributed by atoms with Crippen LogP contribution in [0.3, 0.4) is 0 Å². The molecular formula is C26H18N4O. The fraction of sp³-hybridized carbons (Fsp3) is 0.154. The summed E-state index contributed by atoms with van der Waals surface area (Å²) in [5.74, 6) is -0.777. The molecule has 5 nitrogen and oxygen atoms in total. The average molecular weight is 402 g/mol. The van der Waals surface area contributed by atoms with Gasteiger partial charge in [-0.2, -0.15) is 10.5 Å². The Morgan fingerprint density at radius 1 is 0.968 bits per heavy atom. The number of fused-ring (bicyclic) bond motifs is 3. The molecule has 2 aromatic carbocycles. The lowest BCUT2D eigenvalue weighted by Crippen LogP contribution is -2.37. The summed E-state index contributed by atoms with van der Waals surface area (Å²) in [5, 5.41) is 20.9. The number of nitriles is 2. The van der Waals surface area contributed by atoms with Crippen molar-refractivity contribution in [3.8, 4) is 12.1 Å². The molecule has 0 saturated carbocycles. The zero-order chi connectivity index (χ0) is 21.4. The summed E-state index contributed by atoms with van der Waals surface area (Å²) in [5.41, 5.74) is 1.64. The first-order chi connectivity index (χ1) is 15.2. The molecule has 5 heteroatoms. The van der Waals surface area contributed by atoms with Crippen molar-refractivity contribution in [2.45, 2.75) is 18.0 Å². The van der Waals surface area contributed by atoms with E-state index in [0.717, 1.165) is 11.1 Å². The minimum atomic E-state index is -1.46. The molecule has 2 aliphatic rings. The topological polar surface area (TPSA) is 80.8 Å². The molecule has 0 unspecified atom stereocenters. The van der Waals surface area contributed by atoms with E-state index in [2.05, 4.69) is 17.1 Å². The number of carbonyl (C=O) groups excluding carboxylic acids is 1. The lowest BCUT2D eigenvalue weighted by atomic mass is 9.67. The molecule has 0 N–H and O–H groups in total. The lowest BCUT2D eigenvalue weighted by molar-refractivity contribution is 0.0874. The van der Waals surface area contributed by atoms with Crippen LogP contribution in [0, 0.1) is 28.1 Å². The molecule has 0 aliphatic carbocycles. The van der Waals surface area contributed by atoms with Crippen LogP contribution in [0.4, 0.5) is 0 Å². The van der Waals surface area contributed by atoms with Crippen molar-refractivity contribution < 1.29 is 4.79 Å². The molecule has 31 heavy (non-hydrogen) atoms. The summed E-state index contributed by atoms with van der Waals surface area (Å²) in [4.78, 5) is 19.9. The quantitative estimate of drug-likeness (QED) is 0.603. The molecule has 0 spiro atoms. The maximum atomic E-state index is 13.8. The van der Waals surface area contributed by atoms with Crippen molar-refractivity contribution in [1.29, 1.82) is 10.5 Å². The second-order valence-electron chi connectivity index (χ2n) is 7.83. The Bertz CT molecular complexity index is 1240. The van der Waals surface area contributed by atoms with Gasteiger partial charge in [-0.1, -0.05) is 60.7 Å². The second-order valence-corrected chi connectivity index (χ2v) is 7.83. The predicted molar refractivity (Wildman–Crippen MR) is 115 cm³/mol. The van der Waals surface area contributed by atoms with Crippen molar-refractivity contribution in [3.05, 3.63) is 108 Å². The zero-order valence-corrected chi connectivity index (χ0v) is 16.6. The maximum Gasteiger partial charge on any atom is 0.185 e. The van der Waals surface area contributed by atoms with Crippen LogP contribution in [-0.4, -0.2) is 21.7 Å². The van der Waals surface area contributed by atoms with Gasteiger partial charge in [-0.3, -0.25) is 9.78 Å². The first-order valence-corrected chi connectivity index (χ1v) is 10.1. The third kappa shape index (κ3) is 2.68. The van der Waals surface area contributed by atoms with Crippen LogP contribution in [0.1, 0.15) is 39.0 Å². The van der Waals surface area contributed by atoms with Gasteiger partial charge in [-0.15, -0.1) is 0 Å². The van der Waals surface area contributed by atoms with E-state index in [9.17, 15) is 15.3 Å². The Balaban J connectivity index is 1.78. The molecule has 2 aliphatic heterocycles. The van der Waals surface area contributed by atoms with E-state index < -0.39 is 23.4 Å². The summed E-state index contributed by atoms with van der Waals surface area (Å²) in [7, 11) is 0. The van der Waals surface area contributed by atoms with E-state index >= 15 is 0 Å². The Labute approximate surface area is 180 Å². The van der Waals surface area contributed by atoms with Crippen LogP contribution in [-0.2, 0) is 0 Å². The minimum absolute atomic E-state index is 0.115. The van der Waals surface area contributed by atoms with E-state index in [0.29, 0.717) is 11.1 Å². The minimum Gasteiger partial charge on any atom is -0.357 e. The van der Waals surface area contributed by atoms with E-state index in [1.54, 1.807) is 30.6 Å². The standard InChI is InChI=1S/C26H18N4O/c27-16-26(17-28)22(20-10-6-13-29-15-20)23(24(31)19-8-2-1-3-9-19)30-14-12-18-7-4-5-11-21(18)25(26)30/h1-15,22-23,25H/t22-,23+,25-/m0/s1. The highest BCUT2D eigenvalue weighted by Gasteiger charge is 2.63. The van der Waals surface area contributed by atoms with Crippen molar-refractivity contribution in [1.82, 2.24) is 9.88 Å². The van der Waals surface area contributed by atoms with Gasteiger partial charge in [0.15, 0.2) is 11.2 Å². The maximum absolute atomic E-state index is 13.8. The molecule has 0 radical (unpaired) electrons. The van der Waals surface area contributed by atoms with Gasteiger partial charge in [0.1, 0.15) is 6.04 Å². The first-order valence-electron chi connectivity index (χ1n) is 10.1. The normalized spacial score (nSPS) is 22.6. The number of Topliss-reactive ketones (excluding diaryl/α,β-unsaturated/α-hetero) is 1. The highest BCUT2D eigenvalue weighted by molar-refractivity contribution is 6.01. The number of hydrogen-bond acceptors (Lipinski definition) is 5. The number of benzene rings is 2. The average Bonchev–Trinajstić information content (AvgIpc) is 3.15. The van der Waals surface area contributed by atoms with Crippen LogP contribution < -0.4 is 0 Å². The largest absolute Gasteiger partial charge is 0.357 e. The van der Waals surface area contributed by atoms with Gasteiger partial charge >= 0.3 is 0 Å². The highest BCUT2D eigenvalue weighted by Crippen LogP contribution is 2.59. The summed E-state index contributed by atoms with van der Waals surface area (Å²) < 4.78 is 0. The Hall–Kier alpha value is -4.22. The highest BCUT2D eigenvalue weighted by atomic mass is 16.1. The molecular weight excluding hydrogens is 384 g/mol. The van der Waals surface area contributed by atoms with Gasteiger partial charge in [0, 0.05) is 30.1 Å². The van der Waals surface area contributed by atoms with Gasteiger partial charge < -0.3 is 4.90 Å². The van der Waals surface area contributed by atoms with Crippen molar-refractivity contribution in [2.75, 3.05) is 0 Å². The molecule has 3 aromatic rings. The van der Waals surface area contributed by atoms with Crippen LogP contribution in [0.15, 0.2) is 85.3 Å². The van der Waals surface area contributed by atoms with E-state index in [4.69, 9.17) is 0 Å². The fourth-order valence-electron chi connectivity index (χ4n) is 5.00. The van der Waals surface area contributed by atoms with Crippen LogP contribution in [0.25, 0.3) is 6.08 Å². The second kappa shape index (κ2) is 7.23. The van der Waals surface area contributed by atoms with Gasteiger partial charge in [0.2, 0.25) is 0 Å². The van der Waals surface area contributed by atoms with Gasteiger partial charge in [0.25, 0.3) is 0 Å². The van der Waals surface area contributed by atoms with Gasteiger partial charge in [0.05, 0.1) is 18.2 Å². The SMILES string of the molecule is N#CC1(C#N)[C@@H]2c3ccccc3C=CN2[C@@H](C(=O)c2ccccc2)[C@@H]1c1cccnc1. The number of nitrogens with zero attached hydrogens (tertiary/aromatic N) is 4. The van der Waals surface area contributed by atoms with E-state index in [1.165, 1.54) is 0 Å². The first kappa shape index (κ1) is 18.8. The van der Waals surface area contributed by atoms with Gasteiger partial charge in [-0.25, -0.2) is 0 Å². The molecule has 5 rings (SSSR count). The molecule has 1 fully saturated rings. The van der Waals surface area contributed by atoms with Crippen molar-refractivity contribution in [2.24, 2.45) is 5.41 Å². The zero-order valence-electron chi connectivity index (χ0n) is 16.6. The van der Waals surface area contributed by atoms with E-state index in [1.807, 2.05) is 65.7 Å². The monoisotopic (exact) mass is 402 g/mol. The number of ketones is 1. The summed E-state index contributed by atoms with van der Waals surface area (Å²) in [6.45, 7) is 0. The Morgan fingerprint density at radius 3 is 2.42 bits per heavy atom. The molecule has 148 valence electrons. The number of rotatable bonds is 3. The number of pyridine rings is 1. The number of hydrogen-bond donors (Lipinski definition) is 0. The van der Waals surface area contributed by atoms with Crippen molar-refractivity contribution >= 4 is 11.9 Å². The summed E-state index contributed by atoms with van der Waals surface area (Å²) >= 11 is 0. The van der Waals surface area contributed by atoms with E-state index in [-0.39, 0.29) is 5.78 Å². The van der Waals surface area contributed by atoms with Crippen LogP contribution in [0.2, 0.25) is 0 Å². The summed E-state index contributed by atoms with van der Waals surface area (Å²) in [6.07, 6.45) is 7.11. The number of aromatic nitrogens is 1. The summed E-state index contributed by atoms with van der Waals surface area (Å²) in [6, 6.07) is 23.8. The molecule has 3 atom stereocenters. The predicted octanol–water partition coefficient (Wildman–Crippen LogP) is 4.49. The third-order valence-electron chi connectivity index (χ3n) is 6.31. The van der Waals surface area contributed by atoms with Crippen LogP contribution in [0.5, 0.6) is 0 Å². The lowest BCUT2D eigenvalue weighted by Gasteiger charge is -2.34. The molecule has 0 bridgehead atoms. The van der Waals surface area contributed by atoms with Crippen LogP contribution >= 0.6 is 0 Å². The third-order valence-corrected chi connectivity index (χ3v) is 6.31. The van der Waals surface area contributed by atoms with Gasteiger partial charge in [-0.05, 0) is 28.8 Å².